The highest BCUT2D eigenvalue weighted by Gasteiger charge is 2.52. The molecule has 2 aliphatic rings. The Labute approximate surface area is 170 Å². The lowest BCUT2D eigenvalue weighted by molar-refractivity contribution is -0.121. The second-order valence-corrected chi connectivity index (χ2v) is 7.76. The van der Waals surface area contributed by atoms with Crippen LogP contribution in [0.25, 0.3) is 0 Å². The van der Waals surface area contributed by atoms with Gasteiger partial charge in [0.2, 0.25) is 11.8 Å². The van der Waals surface area contributed by atoms with E-state index in [1.165, 1.54) is 5.56 Å². The minimum atomic E-state index is -0.715. The standard InChI is InChI=1S/C23H25N3O3/c1-23-14-11-21(28)26(23)19-10-6-5-9-18(19)22(29)25(23)16-13-20(27)24-15-12-17-7-3-2-4-8-17/h2-10H,11-16H2,1H3,(H,24,27). The first-order valence-electron chi connectivity index (χ1n) is 10.1. The predicted octanol–water partition coefficient (Wildman–Crippen LogP) is 2.73. The summed E-state index contributed by atoms with van der Waals surface area (Å²) in [7, 11) is 0. The van der Waals surface area contributed by atoms with Crippen molar-refractivity contribution in [3.8, 4) is 0 Å². The fraction of sp³-hybridized carbons (Fsp3) is 0.348. The first kappa shape index (κ1) is 19.2. The molecule has 2 aromatic carbocycles. The van der Waals surface area contributed by atoms with Crippen LogP contribution in [-0.2, 0) is 16.0 Å². The number of carbonyl (C=O) groups is 3. The molecular formula is C23H25N3O3. The highest BCUT2D eigenvalue weighted by atomic mass is 16.2. The molecule has 2 aromatic rings. The van der Waals surface area contributed by atoms with Gasteiger partial charge >= 0.3 is 0 Å². The van der Waals surface area contributed by atoms with Crippen LogP contribution in [0.1, 0.15) is 42.1 Å². The number of fused-ring (bicyclic) bond motifs is 3. The van der Waals surface area contributed by atoms with Crippen molar-refractivity contribution in [2.24, 2.45) is 0 Å². The zero-order valence-electron chi connectivity index (χ0n) is 16.6. The highest BCUT2D eigenvalue weighted by molar-refractivity contribution is 6.10. The zero-order chi connectivity index (χ0) is 20.4. The molecule has 0 spiro atoms. The van der Waals surface area contributed by atoms with Crippen LogP contribution in [-0.4, -0.2) is 41.4 Å². The summed E-state index contributed by atoms with van der Waals surface area (Å²) in [5.74, 6) is -0.192. The summed E-state index contributed by atoms with van der Waals surface area (Å²) in [6.45, 7) is 2.76. The number of carbonyl (C=O) groups excluding carboxylic acids is 3. The van der Waals surface area contributed by atoms with E-state index in [0.29, 0.717) is 30.6 Å². The summed E-state index contributed by atoms with van der Waals surface area (Å²) in [6.07, 6.45) is 1.95. The highest BCUT2D eigenvalue weighted by Crippen LogP contribution is 2.43. The molecule has 0 bridgehead atoms. The Bertz CT molecular complexity index is 943. The van der Waals surface area contributed by atoms with Crippen LogP contribution in [0, 0.1) is 0 Å². The van der Waals surface area contributed by atoms with E-state index >= 15 is 0 Å². The third-order valence-electron chi connectivity index (χ3n) is 5.89. The van der Waals surface area contributed by atoms with Gasteiger partial charge in [-0.3, -0.25) is 19.3 Å². The number of rotatable bonds is 6. The van der Waals surface area contributed by atoms with Crippen LogP contribution in [0.4, 0.5) is 5.69 Å². The van der Waals surface area contributed by atoms with E-state index in [4.69, 9.17) is 0 Å². The van der Waals surface area contributed by atoms with Gasteiger partial charge < -0.3 is 10.2 Å². The first-order valence-corrected chi connectivity index (χ1v) is 10.1. The van der Waals surface area contributed by atoms with E-state index in [1.807, 2.05) is 49.4 Å². The Morgan fingerprint density at radius 1 is 1.07 bits per heavy atom. The van der Waals surface area contributed by atoms with Crippen LogP contribution in [0.15, 0.2) is 54.6 Å². The summed E-state index contributed by atoms with van der Waals surface area (Å²) in [4.78, 5) is 41.5. The lowest BCUT2D eigenvalue weighted by Crippen LogP contribution is -2.62. The number of nitrogens with one attached hydrogen (secondary N) is 1. The Kier molecular flexibility index (Phi) is 5.09. The molecule has 2 heterocycles. The van der Waals surface area contributed by atoms with Gasteiger partial charge in [0.15, 0.2) is 0 Å². The number of nitrogens with zero attached hydrogens (tertiary/aromatic N) is 2. The Morgan fingerprint density at radius 2 is 1.79 bits per heavy atom. The van der Waals surface area contributed by atoms with Crippen LogP contribution in [0.5, 0.6) is 0 Å². The smallest absolute Gasteiger partial charge is 0.257 e. The minimum absolute atomic E-state index is 0.0183. The van der Waals surface area contributed by atoms with E-state index in [1.54, 1.807) is 21.9 Å². The topological polar surface area (TPSA) is 69.7 Å². The maximum atomic E-state index is 13.1. The zero-order valence-corrected chi connectivity index (χ0v) is 16.6. The molecule has 1 N–H and O–H groups in total. The van der Waals surface area contributed by atoms with Gasteiger partial charge in [-0.15, -0.1) is 0 Å². The molecular weight excluding hydrogens is 366 g/mol. The quantitative estimate of drug-likeness (QED) is 0.823. The van der Waals surface area contributed by atoms with Crippen LogP contribution in [0.2, 0.25) is 0 Å². The van der Waals surface area contributed by atoms with Crippen molar-refractivity contribution < 1.29 is 14.4 Å². The molecule has 0 aliphatic carbocycles. The monoisotopic (exact) mass is 391 g/mol. The first-order chi connectivity index (χ1) is 14.0. The number of para-hydroxylation sites is 1. The second kappa shape index (κ2) is 7.70. The molecule has 1 saturated heterocycles. The van der Waals surface area contributed by atoms with Gasteiger partial charge in [-0.2, -0.15) is 0 Å². The molecule has 150 valence electrons. The number of hydrogen-bond donors (Lipinski definition) is 1. The van der Waals surface area contributed by atoms with Gasteiger partial charge in [0, 0.05) is 25.9 Å². The molecule has 1 atom stereocenters. The van der Waals surface area contributed by atoms with E-state index in [2.05, 4.69) is 5.32 Å². The molecule has 0 saturated carbocycles. The maximum Gasteiger partial charge on any atom is 0.257 e. The third kappa shape index (κ3) is 3.50. The molecule has 29 heavy (non-hydrogen) atoms. The SMILES string of the molecule is CC12CCC(=O)N1c1ccccc1C(=O)N2CCC(=O)NCCc1ccccc1. The lowest BCUT2D eigenvalue weighted by Gasteiger charge is -2.48. The van der Waals surface area contributed by atoms with E-state index in [9.17, 15) is 14.4 Å². The summed E-state index contributed by atoms with van der Waals surface area (Å²) < 4.78 is 0. The van der Waals surface area contributed by atoms with Crippen molar-refractivity contribution in [2.75, 3.05) is 18.0 Å². The van der Waals surface area contributed by atoms with E-state index < -0.39 is 5.66 Å². The van der Waals surface area contributed by atoms with Gasteiger partial charge in [-0.05, 0) is 37.5 Å². The lowest BCUT2D eigenvalue weighted by atomic mass is 9.98. The predicted molar refractivity (Wildman–Crippen MR) is 110 cm³/mol. The summed E-state index contributed by atoms with van der Waals surface area (Å²) in [6, 6.07) is 17.2. The third-order valence-corrected chi connectivity index (χ3v) is 5.89. The molecule has 4 rings (SSSR count). The summed E-state index contributed by atoms with van der Waals surface area (Å²) in [5.41, 5.74) is 1.64. The molecule has 0 aromatic heterocycles. The van der Waals surface area contributed by atoms with Crippen LogP contribution in [0.3, 0.4) is 0 Å². The summed E-state index contributed by atoms with van der Waals surface area (Å²) in [5, 5.41) is 2.93. The largest absolute Gasteiger partial charge is 0.356 e. The van der Waals surface area contributed by atoms with Crippen molar-refractivity contribution >= 4 is 23.4 Å². The molecule has 6 nitrogen and oxygen atoms in total. The van der Waals surface area contributed by atoms with Crippen molar-refractivity contribution in [1.29, 1.82) is 0 Å². The van der Waals surface area contributed by atoms with Crippen molar-refractivity contribution in [3.05, 3.63) is 65.7 Å². The Morgan fingerprint density at radius 3 is 2.59 bits per heavy atom. The fourth-order valence-corrected chi connectivity index (χ4v) is 4.33. The van der Waals surface area contributed by atoms with Gasteiger partial charge in [-0.25, -0.2) is 0 Å². The molecule has 1 fully saturated rings. The number of benzene rings is 2. The molecule has 1 unspecified atom stereocenters. The fourth-order valence-electron chi connectivity index (χ4n) is 4.33. The van der Waals surface area contributed by atoms with Crippen LogP contribution < -0.4 is 10.2 Å². The number of anilines is 1. The number of amides is 3. The van der Waals surface area contributed by atoms with Crippen molar-refractivity contribution in [2.45, 2.75) is 38.3 Å². The van der Waals surface area contributed by atoms with Crippen LogP contribution >= 0.6 is 0 Å². The van der Waals surface area contributed by atoms with Gasteiger partial charge in [0.1, 0.15) is 5.66 Å². The Hall–Kier alpha value is -3.15. The Balaban J connectivity index is 1.42. The van der Waals surface area contributed by atoms with Gasteiger partial charge in [0.25, 0.3) is 5.91 Å². The normalized spacial score (nSPS) is 20.4. The van der Waals surface area contributed by atoms with Gasteiger partial charge in [0.05, 0.1) is 11.3 Å². The van der Waals surface area contributed by atoms with E-state index in [-0.39, 0.29) is 30.7 Å². The minimum Gasteiger partial charge on any atom is -0.356 e. The molecule has 6 heteroatoms. The number of hydrogen-bond acceptors (Lipinski definition) is 3. The van der Waals surface area contributed by atoms with Crippen molar-refractivity contribution in [3.63, 3.8) is 0 Å². The molecule has 0 radical (unpaired) electrons. The summed E-state index contributed by atoms with van der Waals surface area (Å²) >= 11 is 0. The molecule has 3 amide bonds. The molecule has 2 aliphatic heterocycles. The van der Waals surface area contributed by atoms with Crippen molar-refractivity contribution in [1.82, 2.24) is 10.2 Å². The van der Waals surface area contributed by atoms with Gasteiger partial charge in [-0.1, -0.05) is 42.5 Å². The maximum absolute atomic E-state index is 13.1. The average Bonchev–Trinajstić information content (AvgIpc) is 3.04. The second-order valence-electron chi connectivity index (χ2n) is 7.76. The average molecular weight is 391 g/mol. The van der Waals surface area contributed by atoms with E-state index in [0.717, 1.165) is 6.42 Å².